The zero-order valence-electron chi connectivity index (χ0n) is 19.0. The molecule has 4 rings (SSSR count). The van der Waals surface area contributed by atoms with Crippen LogP contribution in [0.2, 0.25) is 0 Å². The van der Waals surface area contributed by atoms with E-state index in [4.69, 9.17) is 0 Å². The molecule has 2 aliphatic rings. The molecule has 182 valence electrons. The molecule has 1 aliphatic heterocycles. The molecule has 2 fully saturated rings. The highest BCUT2D eigenvalue weighted by Gasteiger charge is 2.36. The molecule has 1 aromatic heterocycles. The first kappa shape index (κ1) is 24.0. The van der Waals surface area contributed by atoms with Crippen LogP contribution < -0.4 is 10.2 Å². The van der Waals surface area contributed by atoms with Gasteiger partial charge in [-0.25, -0.2) is 4.98 Å². The molecule has 1 saturated heterocycles. The Labute approximate surface area is 197 Å². The number of nitrogens with one attached hydrogen (secondary N) is 1. The average Bonchev–Trinajstić information content (AvgIpc) is 2.87. The van der Waals surface area contributed by atoms with E-state index in [9.17, 15) is 22.8 Å². The Morgan fingerprint density at radius 1 is 0.971 bits per heavy atom. The number of benzene rings is 1. The van der Waals surface area contributed by atoms with Crippen molar-refractivity contribution in [3.8, 4) is 0 Å². The second kappa shape index (κ2) is 10.4. The summed E-state index contributed by atoms with van der Waals surface area (Å²) in [5, 5.41) is 2.98. The second-order valence-corrected chi connectivity index (χ2v) is 8.94. The number of hydrogen-bond donors (Lipinski definition) is 1. The van der Waals surface area contributed by atoms with Crippen molar-refractivity contribution in [1.29, 1.82) is 0 Å². The zero-order chi connectivity index (χ0) is 24.1. The summed E-state index contributed by atoms with van der Waals surface area (Å²) < 4.78 is 39.8. The molecule has 0 radical (unpaired) electrons. The molecule has 1 saturated carbocycles. The molecule has 1 N–H and O–H groups in total. The minimum atomic E-state index is -4.58. The zero-order valence-corrected chi connectivity index (χ0v) is 19.0. The highest BCUT2D eigenvalue weighted by molar-refractivity contribution is 5.96. The lowest BCUT2D eigenvalue weighted by Crippen LogP contribution is -2.49. The number of rotatable bonds is 5. The highest BCUT2D eigenvalue weighted by atomic mass is 19.4. The van der Waals surface area contributed by atoms with E-state index in [2.05, 4.69) is 10.3 Å². The maximum absolute atomic E-state index is 13.3. The van der Waals surface area contributed by atoms with Crippen LogP contribution in [-0.4, -0.2) is 54.4 Å². The summed E-state index contributed by atoms with van der Waals surface area (Å²) in [5.74, 6) is -0.259. The van der Waals surface area contributed by atoms with Gasteiger partial charge in [0, 0.05) is 32.7 Å². The number of amides is 2. The number of anilines is 1. The largest absolute Gasteiger partial charge is 0.417 e. The van der Waals surface area contributed by atoms with Crippen LogP contribution in [-0.2, 0) is 6.18 Å². The van der Waals surface area contributed by atoms with Gasteiger partial charge >= 0.3 is 6.18 Å². The third-order valence-corrected chi connectivity index (χ3v) is 6.65. The van der Waals surface area contributed by atoms with Gasteiger partial charge in [0.05, 0.1) is 23.0 Å². The highest BCUT2D eigenvalue weighted by Crippen LogP contribution is 2.32. The Balaban J connectivity index is 1.31. The van der Waals surface area contributed by atoms with Crippen LogP contribution in [0.25, 0.3) is 0 Å². The third kappa shape index (κ3) is 5.69. The smallest absolute Gasteiger partial charge is 0.367 e. The topological polar surface area (TPSA) is 65.5 Å². The lowest BCUT2D eigenvalue weighted by Gasteiger charge is -2.36. The number of halogens is 3. The molecule has 6 nitrogen and oxygen atoms in total. The molecule has 1 aliphatic carbocycles. The van der Waals surface area contributed by atoms with Crippen LogP contribution in [0.5, 0.6) is 0 Å². The van der Waals surface area contributed by atoms with Crippen molar-refractivity contribution in [2.75, 3.05) is 37.6 Å². The number of nitrogens with zero attached hydrogens (tertiary/aromatic N) is 3. The van der Waals surface area contributed by atoms with Crippen molar-refractivity contribution in [2.45, 2.75) is 38.3 Å². The Kier molecular flexibility index (Phi) is 7.38. The van der Waals surface area contributed by atoms with Crippen LogP contribution in [0.15, 0.2) is 42.6 Å². The van der Waals surface area contributed by atoms with Gasteiger partial charge in [-0.15, -0.1) is 0 Å². The molecule has 0 atom stereocenters. The fourth-order valence-electron chi connectivity index (χ4n) is 4.68. The maximum atomic E-state index is 13.3. The summed E-state index contributed by atoms with van der Waals surface area (Å²) in [5.41, 5.74) is -0.0681. The summed E-state index contributed by atoms with van der Waals surface area (Å²) in [6.07, 6.45) is 3.08. The number of piperazine rings is 1. The van der Waals surface area contributed by atoms with E-state index in [1.54, 1.807) is 12.3 Å². The molecule has 1 aromatic carbocycles. The molecule has 0 spiro atoms. The monoisotopic (exact) mass is 474 g/mol. The van der Waals surface area contributed by atoms with Gasteiger partial charge in [-0.2, -0.15) is 13.2 Å². The Bertz CT molecular complexity index is 996. The molecule has 0 bridgehead atoms. The van der Waals surface area contributed by atoms with Gasteiger partial charge in [0.1, 0.15) is 5.69 Å². The van der Waals surface area contributed by atoms with E-state index >= 15 is 0 Å². The summed E-state index contributed by atoms with van der Waals surface area (Å²) in [4.78, 5) is 32.9. The molecule has 2 amide bonds. The summed E-state index contributed by atoms with van der Waals surface area (Å²) in [6.45, 7) is 2.21. The van der Waals surface area contributed by atoms with E-state index < -0.39 is 17.6 Å². The summed E-state index contributed by atoms with van der Waals surface area (Å²) in [7, 11) is 0. The van der Waals surface area contributed by atoms with E-state index in [1.165, 1.54) is 42.4 Å². The van der Waals surface area contributed by atoms with Crippen molar-refractivity contribution >= 4 is 17.5 Å². The number of carbonyl (C=O) groups is 2. The minimum Gasteiger partial charge on any atom is -0.367 e. The van der Waals surface area contributed by atoms with E-state index in [0.29, 0.717) is 44.3 Å². The van der Waals surface area contributed by atoms with Crippen LogP contribution in [0.1, 0.15) is 58.5 Å². The fraction of sp³-hybridized carbons (Fsp3) is 0.480. The van der Waals surface area contributed by atoms with Gasteiger partial charge in [0.25, 0.3) is 11.8 Å². The van der Waals surface area contributed by atoms with Crippen LogP contribution in [0, 0.1) is 5.92 Å². The molecular formula is C25H29F3N4O2. The molecule has 2 aromatic rings. The summed E-state index contributed by atoms with van der Waals surface area (Å²) >= 11 is 0. The average molecular weight is 475 g/mol. The lowest BCUT2D eigenvalue weighted by molar-refractivity contribution is -0.138. The lowest BCUT2D eigenvalue weighted by atomic mass is 9.89. The predicted octanol–water partition coefficient (Wildman–Crippen LogP) is 4.37. The van der Waals surface area contributed by atoms with Gasteiger partial charge in [0.15, 0.2) is 0 Å². The van der Waals surface area contributed by atoms with Crippen LogP contribution in [0.4, 0.5) is 18.9 Å². The molecular weight excluding hydrogens is 445 g/mol. The molecule has 34 heavy (non-hydrogen) atoms. The van der Waals surface area contributed by atoms with Crippen molar-refractivity contribution < 1.29 is 22.8 Å². The number of hydrogen-bond acceptors (Lipinski definition) is 4. The van der Waals surface area contributed by atoms with Crippen LogP contribution in [0.3, 0.4) is 0 Å². The fourth-order valence-corrected chi connectivity index (χ4v) is 4.68. The Morgan fingerprint density at radius 2 is 1.68 bits per heavy atom. The van der Waals surface area contributed by atoms with Crippen molar-refractivity contribution in [2.24, 2.45) is 5.92 Å². The third-order valence-electron chi connectivity index (χ3n) is 6.65. The van der Waals surface area contributed by atoms with Gasteiger partial charge in [-0.3, -0.25) is 9.59 Å². The molecule has 0 unspecified atom stereocenters. The molecule has 9 heteroatoms. The minimum absolute atomic E-state index is 0.184. The van der Waals surface area contributed by atoms with E-state index in [0.717, 1.165) is 24.6 Å². The first-order valence-electron chi connectivity index (χ1n) is 11.8. The first-order valence-corrected chi connectivity index (χ1v) is 11.8. The van der Waals surface area contributed by atoms with E-state index in [1.807, 2.05) is 11.0 Å². The SMILES string of the molecule is O=C(NCC1CCCCC1)c1ccc(N2CCN(C(=O)c3ccccc3C(F)(F)F)CC2)cn1. The standard InChI is InChI=1S/C25H29F3N4O2/c26-25(27,28)21-9-5-4-8-20(21)24(34)32-14-12-31(13-15-32)19-10-11-22(29-17-19)23(33)30-16-18-6-2-1-3-7-18/h4-5,8-11,17-18H,1-3,6-7,12-16H2,(H,30,33). The normalized spacial score (nSPS) is 17.5. The Hall–Kier alpha value is -3.10. The van der Waals surface area contributed by atoms with Gasteiger partial charge in [0.2, 0.25) is 0 Å². The summed E-state index contributed by atoms with van der Waals surface area (Å²) in [6, 6.07) is 8.38. The second-order valence-electron chi connectivity index (χ2n) is 8.94. The first-order chi connectivity index (χ1) is 16.3. The molecule has 2 heterocycles. The number of pyridine rings is 1. The van der Waals surface area contributed by atoms with Gasteiger partial charge in [-0.05, 0) is 43.0 Å². The van der Waals surface area contributed by atoms with Crippen molar-refractivity contribution in [1.82, 2.24) is 15.2 Å². The predicted molar refractivity (Wildman–Crippen MR) is 123 cm³/mol. The van der Waals surface area contributed by atoms with Crippen LogP contribution >= 0.6 is 0 Å². The van der Waals surface area contributed by atoms with Crippen molar-refractivity contribution in [3.05, 3.63) is 59.4 Å². The number of alkyl halides is 3. The quantitative estimate of drug-likeness (QED) is 0.699. The Morgan fingerprint density at radius 3 is 2.32 bits per heavy atom. The van der Waals surface area contributed by atoms with Gasteiger partial charge < -0.3 is 15.1 Å². The maximum Gasteiger partial charge on any atom is 0.417 e. The van der Waals surface area contributed by atoms with E-state index in [-0.39, 0.29) is 11.5 Å². The van der Waals surface area contributed by atoms with Gasteiger partial charge in [-0.1, -0.05) is 31.4 Å². The number of aromatic nitrogens is 1. The number of carbonyl (C=O) groups excluding carboxylic acids is 2. The van der Waals surface area contributed by atoms with Crippen molar-refractivity contribution in [3.63, 3.8) is 0 Å².